The molecule has 6 rings (SSSR count). The normalized spacial score (nSPS) is 38.7. The summed E-state index contributed by atoms with van der Waals surface area (Å²) in [6.45, 7) is 13.7. The summed E-state index contributed by atoms with van der Waals surface area (Å²) < 4.78 is 18.7. The van der Waals surface area contributed by atoms with Gasteiger partial charge in [0.15, 0.2) is 23.3 Å². The highest BCUT2D eigenvalue weighted by molar-refractivity contribution is 6.08. The van der Waals surface area contributed by atoms with Crippen molar-refractivity contribution in [2.45, 2.75) is 78.5 Å². The summed E-state index contributed by atoms with van der Waals surface area (Å²) in [5.41, 5.74) is -1.46. The summed E-state index contributed by atoms with van der Waals surface area (Å²) in [5, 5.41) is 16.0. The van der Waals surface area contributed by atoms with Crippen molar-refractivity contribution in [1.82, 2.24) is 0 Å². The van der Waals surface area contributed by atoms with E-state index in [2.05, 4.69) is 26.1 Å². The van der Waals surface area contributed by atoms with Crippen molar-refractivity contribution in [2.24, 2.45) is 28.6 Å². The van der Waals surface area contributed by atoms with E-state index in [1.807, 2.05) is 19.1 Å². The van der Waals surface area contributed by atoms with Crippen LogP contribution in [-0.2, 0) is 23.8 Å². The Bertz CT molecular complexity index is 1400. The highest BCUT2D eigenvalue weighted by Crippen LogP contribution is 2.64. The molecule has 1 saturated carbocycles. The molecule has 3 aliphatic carbocycles. The number of aliphatic hydroxyl groups is 1. The topological polar surface area (TPSA) is 114 Å². The van der Waals surface area contributed by atoms with Gasteiger partial charge in [-0.05, 0) is 67.7 Å². The maximum atomic E-state index is 14.9. The molecule has 2 heterocycles. The van der Waals surface area contributed by atoms with Crippen molar-refractivity contribution in [3.05, 3.63) is 47.6 Å². The Hall–Kier alpha value is -3.01. The van der Waals surface area contributed by atoms with Gasteiger partial charge in [0, 0.05) is 5.92 Å². The van der Waals surface area contributed by atoms with Gasteiger partial charge >= 0.3 is 6.09 Å². The van der Waals surface area contributed by atoms with E-state index in [0.29, 0.717) is 28.9 Å². The SMILES string of the molecule is CC1=CC23C(=O)[C@@H](C=C4COC(C)(C)O[C@H]4[C@]2(O)[C@H]1OC(=O)N1CC(=O)Nc2ccccc21)C(C)(C)[C@@H](C)CC3C. The molecule has 0 radical (unpaired) electrons. The van der Waals surface area contributed by atoms with E-state index in [9.17, 15) is 19.5 Å². The van der Waals surface area contributed by atoms with Crippen molar-refractivity contribution in [2.75, 3.05) is 23.4 Å². The predicted molar refractivity (Wildman–Crippen MR) is 152 cm³/mol. The molecule has 2 unspecified atom stereocenters. The van der Waals surface area contributed by atoms with Crippen molar-refractivity contribution >= 4 is 29.2 Å². The zero-order valence-corrected chi connectivity index (χ0v) is 24.8. The second-order valence-electron chi connectivity index (χ2n) is 13.6. The Labute approximate surface area is 240 Å². The number of nitrogens with one attached hydrogen (secondary N) is 1. The average Bonchev–Trinajstić information content (AvgIpc) is 3.06. The monoisotopic (exact) mass is 564 g/mol. The van der Waals surface area contributed by atoms with Crippen LogP contribution in [0.1, 0.15) is 54.9 Å². The van der Waals surface area contributed by atoms with Crippen LogP contribution in [0.15, 0.2) is 47.6 Å². The summed E-state index contributed by atoms with van der Waals surface area (Å²) in [6.07, 6.45) is 1.54. The van der Waals surface area contributed by atoms with Gasteiger partial charge in [0.2, 0.25) is 5.91 Å². The maximum absolute atomic E-state index is 14.9. The van der Waals surface area contributed by atoms with Gasteiger partial charge < -0.3 is 24.6 Å². The first-order valence-electron chi connectivity index (χ1n) is 14.5. The standard InChI is InChI=1S/C32H40N2O7/c1-17-14-31-19(3)12-18(2)29(4,5)21(25(31)36)13-20-16-39-30(6,7)41-27(20)32(31,38)26(17)40-28(37)34-15-24(35)33-22-10-8-9-11-23(22)34/h8-11,13-14,18-19,21,26-27,38H,12,15-16H2,1-7H3,(H,33,35)/t18-,19?,21+,26-,27+,31?,32+/m0/s1. The van der Waals surface area contributed by atoms with Crippen LogP contribution in [0.4, 0.5) is 16.2 Å². The second-order valence-corrected chi connectivity index (χ2v) is 13.6. The molecule has 7 atom stereocenters. The smallest absolute Gasteiger partial charge is 0.415 e. The van der Waals surface area contributed by atoms with Crippen molar-refractivity contribution < 1.29 is 33.7 Å². The van der Waals surface area contributed by atoms with E-state index in [-0.39, 0.29) is 36.7 Å². The Morgan fingerprint density at radius 1 is 1.12 bits per heavy atom. The first-order chi connectivity index (χ1) is 19.1. The highest BCUT2D eigenvalue weighted by Gasteiger charge is 2.74. The minimum Gasteiger partial charge on any atom is -0.438 e. The lowest BCUT2D eigenvalue weighted by atomic mass is 9.59. The van der Waals surface area contributed by atoms with E-state index in [0.717, 1.165) is 0 Å². The van der Waals surface area contributed by atoms with E-state index in [1.54, 1.807) is 45.0 Å². The fourth-order valence-electron chi connectivity index (χ4n) is 7.92. The first kappa shape index (κ1) is 28.1. The number of Topliss-reactive ketones (excluding diaryl/α,β-unsaturated/α-hetero) is 1. The van der Waals surface area contributed by atoms with Gasteiger partial charge in [0.05, 0.1) is 23.4 Å². The van der Waals surface area contributed by atoms with Crippen LogP contribution in [0.5, 0.6) is 0 Å². The number of allylic oxidation sites excluding steroid dienone is 1. The van der Waals surface area contributed by atoms with Gasteiger partial charge in [0.25, 0.3) is 0 Å². The van der Waals surface area contributed by atoms with Crippen LogP contribution >= 0.6 is 0 Å². The number of rotatable bonds is 1. The van der Waals surface area contributed by atoms with Crippen molar-refractivity contribution in [3.8, 4) is 0 Å². The molecule has 1 aromatic rings. The molecule has 1 aromatic carbocycles. The molecule has 9 heteroatoms. The van der Waals surface area contributed by atoms with Crippen LogP contribution in [0.25, 0.3) is 0 Å². The molecule has 2 bridgehead atoms. The number of fused-ring (bicyclic) bond motifs is 4. The molecule has 2 fully saturated rings. The molecule has 2 amide bonds. The maximum Gasteiger partial charge on any atom is 0.415 e. The number of benzene rings is 1. The highest BCUT2D eigenvalue weighted by atomic mass is 16.7. The number of ketones is 1. The minimum atomic E-state index is -1.94. The molecule has 0 aromatic heterocycles. The van der Waals surface area contributed by atoms with E-state index in [1.165, 1.54) is 4.90 Å². The molecule has 1 saturated heterocycles. The van der Waals surface area contributed by atoms with Crippen molar-refractivity contribution in [3.63, 3.8) is 0 Å². The van der Waals surface area contributed by atoms with Crippen molar-refractivity contribution in [1.29, 1.82) is 0 Å². The Morgan fingerprint density at radius 3 is 2.56 bits per heavy atom. The summed E-state index contributed by atoms with van der Waals surface area (Å²) in [5.74, 6) is -2.09. The quantitative estimate of drug-likeness (QED) is 0.479. The van der Waals surface area contributed by atoms with Crippen LogP contribution in [0, 0.1) is 28.6 Å². The van der Waals surface area contributed by atoms with Gasteiger partial charge in [-0.2, -0.15) is 0 Å². The van der Waals surface area contributed by atoms with Gasteiger partial charge in [-0.1, -0.05) is 52.0 Å². The molecule has 41 heavy (non-hydrogen) atoms. The van der Waals surface area contributed by atoms with E-state index >= 15 is 0 Å². The number of hydrogen-bond acceptors (Lipinski definition) is 7. The largest absolute Gasteiger partial charge is 0.438 e. The lowest BCUT2D eigenvalue weighted by Gasteiger charge is -2.52. The molecule has 1 spiro atoms. The number of anilines is 2. The predicted octanol–water partition coefficient (Wildman–Crippen LogP) is 4.61. The van der Waals surface area contributed by atoms with Crippen LogP contribution in [0.3, 0.4) is 0 Å². The van der Waals surface area contributed by atoms with Gasteiger partial charge in [-0.15, -0.1) is 0 Å². The van der Waals surface area contributed by atoms with E-state index < -0.39 is 46.4 Å². The Kier molecular flexibility index (Phi) is 6.17. The molecular weight excluding hydrogens is 524 g/mol. The summed E-state index contributed by atoms with van der Waals surface area (Å²) in [6, 6.07) is 6.98. The average molecular weight is 565 g/mol. The Morgan fingerprint density at radius 2 is 1.83 bits per heavy atom. The number of carbonyl (C=O) groups is 3. The van der Waals surface area contributed by atoms with Crippen LogP contribution < -0.4 is 10.2 Å². The zero-order valence-electron chi connectivity index (χ0n) is 24.8. The minimum absolute atomic E-state index is 0.0919. The fraction of sp³-hybridized carbons (Fsp3) is 0.594. The lowest BCUT2D eigenvalue weighted by Crippen LogP contribution is -2.68. The summed E-state index contributed by atoms with van der Waals surface area (Å²) >= 11 is 0. The van der Waals surface area contributed by atoms with Crippen LogP contribution in [-0.4, -0.2) is 59.6 Å². The molecule has 2 N–H and O–H groups in total. The number of nitrogens with zero attached hydrogens (tertiary/aromatic N) is 1. The number of amides is 2. The number of carbonyl (C=O) groups excluding carboxylic acids is 3. The molecule has 5 aliphatic rings. The van der Waals surface area contributed by atoms with E-state index in [4.69, 9.17) is 14.2 Å². The summed E-state index contributed by atoms with van der Waals surface area (Å²) in [4.78, 5) is 42.5. The third kappa shape index (κ3) is 3.81. The molecule has 220 valence electrons. The van der Waals surface area contributed by atoms with Gasteiger partial charge in [-0.3, -0.25) is 14.5 Å². The Balaban J connectivity index is 1.50. The third-order valence-corrected chi connectivity index (χ3v) is 10.5. The lowest BCUT2D eigenvalue weighted by molar-refractivity contribution is -0.302. The third-order valence-electron chi connectivity index (χ3n) is 10.5. The first-order valence-corrected chi connectivity index (χ1v) is 14.5. The number of para-hydroxylation sites is 2. The van der Waals surface area contributed by atoms with Gasteiger partial charge in [0.1, 0.15) is 12.6 Å². The fourth-order valence-corrected chi connectivity index (χ4v) is 7.92. The molecule has 9 nitrogen and oxygen atoms in total. The number of ether oxygens (including phenoxy) is 3. The molecule has 2 aliphatic heterocycles. The summed E-state index contributed by atoms with van der Waals surface area (Å²) in [7, 11) is 0. The zero-order chi connectivity index (χ0) is 29.7. The molecular formula is C32H40N2O7. The number of hydrogen-bond donors (Lipinski definition) is 2. The second kappa shape index (κ2) is 8.99. The van der Waals surface area contributed by atoms with Crippen LogP contribution in [0.2, 0.25) is 0 Å². The van der Waals surface area contributed by atoms with Gasteiger partial charge in [-0.25, -0.2) is 4.79 Å².